The second-order valence-corrected chi connectivity index (χ2v) is 13.2. The summed E-state index contributed by atoms with van der Waals surface area (Å²) in [6.07, 6.45) is 1.84. The molecule has 4 nitrogen and oxygen atoms in total. The molecule has 0 saturated heterocycles. The maximum Gasteiger partial charge on any atom is 0.140 e. The number of aromatic hydroxyl groups is 1. The Hall–Kier alpha value is -4.27. The van der Waals surface area contributed by atoms with E-state index in [0.29, 0.717) is 11.4 Å². The molecule has 46 heavy (non-hydrogen) atoms. The molecule has 0 aliphatic carbocycles. The van der Waals surface area contributed by atoms with Crippen LogP contribution in [0.25, 0.3) is 33.3 Å². The molecule has 234 valence electrons. The average molecular weight is 784 g/mol. The summed E-state index contributed by atoms with van der Waals surface area (Å²) in [4.78, 5) is 12.2. The Bertz CT molecular complexity index is 2090. The summed E-state index contributed by atoms with van der Waals surface area (Å²) < 4.78 is 0. The van der Waals surface area contributed by atoms with Crippen molar-refractivity contribution in [1.29, 1.82) is 0 Å². The van der Waals surface area contributed by atoms with Gasteiger partial charge >= 0.3 is 0 Å². The van der Waals surface area contributed by atoms with Crippen molar-refractivity contribution in [3.8, 4) is 28.1 Å². The van der Waals surface area contributed by atoms with Gasteiger partial charge in [-0.15, -0.1) is 17.7 Å². The number of phenolic OH excluding ortho intramolecular Hbond substituents is 1. The van der Waals surface area contributed by atoms with Crippen LogP contribution in [-0.4, -0.2) is 15.1 Å². The summed E-state index contributed by atoms with van der Waals surface area (Å²) >= 11 is 0. The van der Waals surface area contributed by atoms with Crippen molar-refractivity contribution >= 4 is 28.1 Å². The van der Waals surface area contributed by atoms with Crippen molar-refractivity contribution < 1.29 is 26.2 Å². The van der Waals surface area contributed by atoms with Gasteiger partial charge in [-0.3, -0.25) is 4.98 Å². The largest absolute Gasteiger partial charge is 0.506 e. The molecule has 5 heteroatoms. The van der Waals surface area contributed by atoms with Gasteiger partial charge in [-0.25, -0.2) is 4.98 Å². The first-order valence-electron chi connectivity index (χ1n) is 15.7. The van der Waals surface area contributed by atoms with Crippen LogP contribution in [0.15, 0.2) is 91.1 Å². The molecule has 7 rings (SSSR count). The Morgan fingerprint density at radius 1 is 0.848 bits per heavy atom. The zero-order chi connectivity index (χ0) is 31.6. The fourth-order valence-corrected chi connectivity index (χ4v) is 7.37. The van der Waals surface area contributed by atoms with E-state index < -0.39 is 0 Å². The third-order valence-corrected chi connectivity index (χ3v) is 9.31. The summed E-state index contributed by atoms with van der Waals surface area (Å²) in [5.41, 5.74) is 13.7. The third-order valence-electron chi connectivity index (χ3n) is 9.31. The van der Waals surface area contributed by atoms with Crippen LogP contribution in [-0.2, 0) is 26.5 Å². The molecule has 0 radical (unpaired) electrons. The van der Waals surface area contributed by atoms with Gasteiger partial charge in [0.2, 0.25) is 0 Å². The predicted molar refractivity (Wildman–Crippen MR) is 186 cm³/mol. The monoisotopic (exact) mass is 783 g/mol. The van der Waals surface area contributed by atoms with E-state index >= 15 is 0 Å². The van der Waals surface area contributed by atoms with E-state index in [1.54, 1.807) is 6.07 Å². The van der Waals surface area contributed by atoms with Crippen LogP contribution in [0, 0.1) is 26.8 Å². The molecule has 6 aromatic rings. The number of phenols is 1. The molecule has 2 aromatic heterocycles. The van der Waals surface area contributed by atoms with E-state index in [1.807, 2.05) is 24.4 Å². The molecule has 0 bridgehead atoms. The Morgan fingerprint density at radius 2 is 1.57 bits per heavy atom. The first-order valence-corrected chi connectivity index (χ1v) is 15.7. The Kier molecular flexibility index (Phi) is 8.15. The van der Waals surface area contributed by atoms with Gasteiger partial charge < -0.3 is 10.0 Å². The number of fused-ring (bicyclic) bond motifs is 3. The first kappa shape index (κ1) is 31.7. The second-order valence-electron chi connectivity index (χ2n) is 13.2. The zero-order valence-corrected chi connectivity index (χ0v) is 29.6. The number of pyridine rings is 2. The van der Waals surface area contributed by atoms with E-state index in [0.717, 1.165) is 39.4 Å². The van der Waals surface area contributed by atoms with Crippen LogP contribution in [0.3, 0.4) is 0 Å². The number of aryl methyl sites for hydroxylation is 3. The molecule has 1 aliphatic rings. The molecule has 0 spiro atoms. The number of anilines is 3. The maximum absolute atomic E-state index is 11.0. The molecule has 1 N–H and O–H groups in total. The average Bonchev–Trinajstić information content (AvgIpc) is 3.01. The number of benzene rings is 4. The molecule has 4 aromatic carbocycles. The number of aromatic nitrogens is 2. The number of nitrogens with zero attached hydrogens (tertiary/aromatic N) is 3. The van der Waals surface area contributed by atoms with Crippen LogP contribution >= 0.6 is 0 Å². The van der Waals surface area contributed by atoms with Crippen molar-refractivity contribution in [3.05, 3.63) is 131 Å². The van der Waals surface area contributed by atoms with Crippen LogP contribution in [0.4, 0.5) is 17.2 Å². The minimum atomic E-state index is -0.327. The molecular weight excluding hydrogens is 746 g/mol. The Labute approximate surface area is 286 Å². The minimum absolute atomic E-state index is 0. The van der Waals surface area contributed by atoms with Gasteiger partial charge in [0.15, 0.2) is 0 Å². The van der Waals surface area contributed by atoms with E-state index in [2.05, 4.69) is 120 Å². The van der Waals surface area contributed by atoms with E-state index in [4.69, 9.17) is 9.97 Å². The molecule has 0 atom stereocenters. The normalized spacial score (nSPS) is 13.3. The van der Waals surface area contributed by atoms with E-state index in [9.17, 15) is 5.11 Å². The van der Waals surface area contributed by atoms with Crippen molar-refractivity contribution in [2.24, 2.45) is 0 Å². The van der Waals surface area contributed by atoms with Gasteiger partial charge in [0, 0.05) is 38.3 Å². The molecule has 0 amide bonds. The first-order chi connectivity index (χ1) is 21.6. The van der Waals surface area contributed by atoms with Crippen molar-refractivity contribution in [3.63, 3.8) is 0 Å². The van der Waals surface area contributed by atoms with Gasteiger partial charge in [-0.1, -0.05) is 99.0 Å². The number of rotatable bonds is 4. The molecule has 0 saturated carbocycles. The molecular formula is C41H38N3OPt-. The van der Waals surface area contributed by atoms with Crippen molar-refractivity contribution in [2.45, 2.75) is 59.8 Å². The van der Waals surface area contributed by atoms with Gasteiger partial charge in [0.25, 0.3) is 0 Å². The Balaban J connectivity index is 0.00000372. The summed E-state index contributed by atoms with van der Waals surface area (Å²) in [6, 6.07) is 33.2. The van der Waals surface area contributed by atoms with Gasteiger partial charge in [0.1, 0.15) is 17.1 Å². The van der Waals surface area contributed by atoms with Crippen LogP contribution in [0.2, 0.25) is 0 Å². The molecule has 1 aliphatic heterocycles. The summed E-state index contributed by atoms with van der Waals surface area (Å²) in [5, 5.41) is 11.9. The summed E-state index contributed by atoms with van der Waals surface area (Å²) in [7, 11) is 0. The minimum Gasteiger partial charge on any atom is -0.506 e. The third kappa shape index (κ3) is 5.04. The van der Waals surface area contributed by atoms with Crippen molar-refractivity contribution in [2.75, 3.05) is 4.90 Å². The quantitative estimate of drug-likeness (QED) is 0.181. The standard InChI is InChI=1S/C41H38N3O.Pt/c1-24(2)29-16-18-36(45)40-30(29)15-17-33(43-40)28-22-31(38-26(4)20-25(3)21-27(38)5)39-35(23-28)44(37-14-10-11-19-42-37)34-13-9-8-12-32(34)41(39,6)7;/h8-22,24,45H,1-7H3;/q-1;. The van der Waals surface area contributed by atoms with E-state index in [1.165, 1.54) is 38.9 Å². The maximum atomic E-state index is 11.0. The fraction of sp³-hybridized carbons (Fsp3) is 0.220. The van der Waals surface area contributed by atoms with Gasteiger partial charge in [0.05, 0.1) is 0 Å². The smallest absolute Gasteiger partial charge is 0.140 e. The van der Waals surface area contributed by atoms with Gasteiger partial charge in [-0.2, -0.15) is 0 Å². The van der Waals surface area contributed by atoms with Crippen LogP contribution in [0.5, 0.6) is 5.75 Å². The molecule has 0 fully saturated rings. The van der Waals surface area contributed by atoms with Crippen LogP contribution in [0.1, 0.15) is 67.0 Å². The van der Waals surface area contributed by atoms with Crippen molar-refractivity contribution in [1.82, 2.24) is 9.97 Å². The zero-order valence-electron chi connectivity index (χ0n) is 27.3. The van der Waals surface area contributed by atoms with Gasteiger partial charge in [-0.05, 0) is 95.6 Å². The SMILES string of the molecule is Cc1cc(C)c(-c2cc(-c3ccc4c(C(C)C)ccc(O)c4n3)[c-]c3c2C(C)(C)c2ccccc2N3c2ccccn2)c(C)c1.[Pt]. The second kappa shape index (κ2) is 11.8. The summed E-state index contributed by atoms with van der Waals surface area (Å²) in [5.74, 6) is 1.33. The number of para-hydroxylation sites is 1. The number of hydrogen-bond acceptors (Lipinski definition) is 4. The van der Waals surface area contributed by atoms with E-state index in [-0.39, 0.29) is 32.2 Å². The topological polar surface area (TPSA) is 49.3 Å². The predicted octanol–water partition coefficient (Wildman–Crippen LogP) is 10.6. The fourth-order valence-electron chi connectivity index (χ4n) is 7.37. The number of hydrogen-bond donors (Lipinski definition) is 1. The van der Waals surface area contributed by atoms with Crippen LogP contribution < -0.4 is 4.90 Å². The summed E-state index contributed by atoms with van der Waals surface area (Å²) in [6.45, 7) is 15.5. The Morgan fingerprint density at radius 3 is 2.26 bits per heavy atom. The molecule has 3 heterocycles. The molecule has 0 unspecified atom stereocenters.